The van der Waals surface area contributed by atoms with E-state index in [2.05, 4.69) is 38.1 Å². The fraction of sp³-hybridized carbons (Fsp3) is 0.786. The van der Waals surface area contributed by atoms with Gasteiger partial charge >= 0.3 is 0 Å². The van der Waals surface area contributed by atoms with Gasteiger partial charge in [-0.1, -0.05) is 39.3 Å². The predicted octanol–water partition coefficient (Wildman–Crippen LogP) is 3.37. The number of aromatic nitrogens is 2. The molecular weight excluding hydrogens is 294 g/mol. The minimum Gasteiger partial charge on any atom is -0.383 e. The van der Waals surface area contributed by atoms with Gasteiger partial charge in [-0.3, -0.25) is 4.68 Å². The zero-order valence-corrected chi connectivity index (χ0v) is 14.6. The Morgan fingerprint density at radius 3 is 2.75 bits per heavy atom. The van der Waals surface area contributed by atoms with Gasteiger partial charge in [0.2, 0.25) is 0 Å². The SMILES string of the molecule is CCNC(CSC(C)(C)C)c1c(Cl)cnn1CCOC. The van der Waals surface area contributed by atoms with Crippen molar-refractivity contribution in [2.24, 2.45) is 0 Å². The molecule has 0 radical (unpaired) electrons. The molecule has 0 spiro atoms. The summed E-state index contributed by atoms with van der Waals surface area (Å²) in [5, 5.41) is 8.59. The van der Waals surface area contributed by atoms with Crippen LogP contribution in [-0.2, 0) is 11.3 Å². The second-order valence-corrected chi connectivity index (χ2v) is 7.88. The van der Waals surface area contributed by atoms with Gasteiger partial charge < -0.3 is 10.1 Å². The average molecular weight is 320 g/mol. The molecule has 1 atom stereocenters. The fourth-order valence-electron chi connectivity index (χ4n) is 1.89. The molecule has 0 amide bonds. The highest BCUT2D eigenvalue weighted by Crippen LogP contribution is 2.31. The first-order chi connectivity index (χ1) is 9.39. The molecule has 1 unspecified atom stereocenters. The molecule has 0 aliphatic heterocycles. The number of nitrogens with one attached hydrogen (secondary N) is 1. The Hall–Kier alpha value is -0.230. The van der Waals surface area contributed by atoms with Gasteiger partial charge in [-0.2, -0.15) is 16.9 Å². The van der Waals surface area contributed by atoms with Crippen molar-refractivity contribution in [2.75, 3.05) is 26.0 Å². The molecular formula is C14H26ClN3OS. The molecule has 116 valence electrons. The summed E-state index contributed by atoms with van der Waals surface area (Å²) in [5.74, 6) is 0.968. The monoisotopic (exact) mass is 319 g/mol. The smallest absolute Gasteiger partial charge is 0.0834 e. The van der Waals surface area contributed by atoms with Crippen LogP contribution in [0.2, 0.25) is 5.02 Å². The third-order valence-electron chi connectivity index (χ3n) is 2.80. The largest absolute Gasteiger partial charge is 0.383 e. The maximum Gasteiger partial charge on any atom is 0.0834 e. The van der Waals surface area contributed by atoms with Gasteiger partial charge in [-0.15, -0.1) is 0 Å². The maximum atomic E-state index is 6.33. The first-order valence-electron chi connectivity index (χ1n) is 6.96. The molecule has 1 rings (SSSR count). The van der Waals surface area contributed by atoms with Crippen LogP contribution in [0.4, 0.5) is 0 Å². The zero-order valence-electron chi connectivity index (χ0n) is 13.1. The Bertz CT molecular complexity index is 404. The van der Waals surface area contributed by atoms with Gasteiger partial charge in [0.25, 0.3) is 0 Å². The molecule has 1 N–H and O–H groups in total. The summed E-state index contributed by atoms with van der Waals surface area (Å²) in [5.41, 5.74) is 1.06. The van der Waals surface area contributed by atoms with Crippen molar-refractivity contribution in [1.29, 1.82) is 0 Å². The molecule has 20 heavy (non-hydrogen) atoms. The number of rotatable bonds is 8. The van der Waals surface area contributed by atoms with E-state index < -0.39 is 0 Å². The topological polar surface area (TPSA) is 39.1 Å². The summed E-state index contributed by atoms with van der Waals surface area (Å²) in [6.45, 7) is 11.1. The number of halogens is 1. The summed E-state index contributed by atoms with van der Waals surface area (Å²) < 4.78 is 7.31. The third-order valence-corrected chi connectivity index (χ3v) is 4.46. The summed E-state index contributed by atoms with van der Waals surface area (Å²) in [6, 6.07) is 0.205. The number of methoxy groups -OCH3 is 1. The van der Waals surface area contributed by atoms with Crippen molar-refractivity contribution in [3.05, 3.63) is 16.9 Å². The predicted molar refractivity (Wildman–Crippen MR) is 87.7 cm³/mol. The van der Waals surface area contributed by atoms with E-state index in [9.17, 15) is 0 Å². The summed E-state index contributed by atoms with van der Waals surface area (Å²) in [7, 11) is 1.70. The molecule has 1 aromatic rings. The van der Waals surface area contributed by atoms with Crippen LogP contribution in [0.1, 0.15) is 39.4 Å². The Labute approximate surface area is 131 Å². The van der Waals surface area contributed by atoms with Gasteiger partial charge in [-0.05, 0) is 6.54 Å². The number of ether oxygens (including phenoxy) is 1. The van der Waals surface area contributed by atoms with Crippen molar-refractivity contribution < 1.29 is 4.74 Å². The second-order valence-electron chi connectivity index (χ2n) is 5.63. The third kappa shape index (κ3) is 5.64. The van der Waals surface area contributed by atoms with Crippen LogP contribution in [0.25, 0.3) is 0 Å². The van der Waals surface area contributed by atoms with Crippen LogP contribution in [0.3, 0.4) is 0 Å². The van der Waals surface area contributed by atoms with Gasteiger partial charge in [0.15, 0.2) is 0 Å². The van der Waals surface area contributed by atoms with Crippen molar-refractivity contribution in [1.82, 2.24) is 15.1 Å². The standard InChI is InChI=1S/C14H26ClN3OS/c1-6-16-12(10-20-14(2,3)4)13-11(15)9-17-18(13)7-8-19-5/h9,12,16H,6-8,10H2,1-5H3. The van der Waals surface area contributed by atoms with E-state index in [4.69, 9.17) is 16.3 Å². The lowest BCUT2D eigenvalue weighted by atomic mass is 10.2. The van der Waals surface area contributed by atoms with Crippen LogP contribution in [0.5, 0.6) is 0 Å². The minimum absolute atomic E-state index is 0.205. The lowest BCUT2D eigenvalue weighted by Crippen LogP contribution is -2.28. The van der Waals surface area contributed by atoms with Crippen molar-refractivity contribution in [3.8, 4) is 0 Å². The second kappa shape index (κ2) is 8.27. The Kier molecular flexibility index (Phi) is 7.37. The van der Waals surface area contributed by atoms with E-state index >= 15 is 0 Å². The maximum absolute atomic E-state index is 6.33. The zero-order chi connectivity index (χ0) is 15.2. The van der Waals surface area contributed by atoms with E-state index in [1.165, 1.54) is 0 Å². The molecule has 0 saturated carbocycles. The summed E-state index contributed by atoms with van der Waals surface area (Å²) in [6.07, 6.45) is 1.72. The first kappa shape index (κ1) is 17.8. The van der Waals surface area contributed by atoms with E-state index in [0.717, 1.165) is 29.6 Å². The molecule has 1 heterocycles. The highest BCUT2D eigenvalue weighted by Gasteiger charge is 2.22. The quantitative estimate of drug-likeness (QED) is 0.797. The van der Waals surface area contributed by atoms with Crippen molar-refractivity contribution >= 4 is 23.4 Å². The van der Waals surface area contributed by atoms with E-state index in [0.29, 0.717) is 6.61 Å². The van der Waals surface area contributed by atoms with Gasteiger partial charge in [0.1, 0.15) is 0 Å². The van der Waals surface area contributed by atoms with Gasteiger partial charge in [0.05, 0.1) is 36.1 Å². The van der Waals surface area contributed by atoms with Gasteiger partial charge in [0, 0.05) is 17.6 Å². The molecule has 0 fully saturated rings. The van der Waals surface area contributed by atoms with Crippen LogP contribution in [-0.4, -0.2) is 40.5 Å². The molecule has 1 aromatic heterocycles. The summed E-state index contributed by atoms with van der Waals surface area (Å²) in [4.78, 5) is 0. The van der Waals surface area contributed by atoms with Crippen molar-refractivity contribution in [2.45, 2.75) is 45.0 Å². The average Bonchev–Trinajstić information content (AvgIpc) is 2.72. The molecule has 0 saturated heterocycles. The number of hydrogen-bond donors (Lipinski definition) is 1. The van der Waals surface area contributed by atoms with Gasteiger partial charge in [-0.25, -0.2) is 0 Å². The van der Waals surface area contributed by atoms with Crippen molar-refractivity contribution in [3.63, 3.8) is 0 Å². The first-order valence-corrected chi connectivity index (χ1v) is 8.33. The number of nitrogens with zero attached hydrogens (tertiary/aromatic N) is 2. The van der Waals surface area contributed by atoms with Crippen LogP contribution in [0, 0.1) is 0 Å². The Morgan fingerprint density at radius 1 is 1.50 bits per heavy atom. The van der Waals surface area contributed by atoms with Crippen LogP contribution in [0.15, 0.2) is 6.20 Å². The molecule has 0 aliphatic rings. The molecule has 4 nitrogen and oxygen atoms in total. The van der Waals surface area contributed by atoms with E-state index in [-0.39, 0.29) is 10.8 Å². The highest BCUT2D eigenvalue weighted by atomic mass is 35.5. The summed E-state index contributed by atoms with van der Waals surface area (Å²) >= 11 is 8.26. The molecule has 0 bridgehead atoms. The lowest BCUT2D eigenvalue weighted by molar-refractivity contribution is 0.182. The minimum atomic E-state index is 0.205. The Morgan fingerprint density at radius 2 is 2.20 bits per heavy atom. The van der Waals surface area contributed by atoms with Crippen LogP contribution < -0.4 is 5.32 Å². The number of thioether (sulfide) groups is 1. The lowest BCUT2D eigenvalue weighted by Gasteiger charge is -2.24. The Balaban J connectivity index is 2.86. The normalized spacial score (nSPS) is 13.7. The molecule has 6 heteroatoms. The van der Waals surface area contributed by atoms with E-state index in [1.54, 1.807) is 13.3 Å². The van der Waals surface area contributed by atoms with Crippen LogP contribution >= 0.6 is 23.4 Å². The number of hydrogen-bond acceptors (Lipinski definition) is 4. The molecule has 0 aromatic carbocycles. The highest BCUT2D eigenvalue weighted by molar-refractivity contribution is 8.00. The van der Waals surface area contributed by atoms with E-state index in [1.807, 2.05) is 16.4 Å². The molecule has 0 aliphatic carbocycles. The fourth-order valence-corrected chi connectivity index (χ4v) is 3.10.